The molecule has 0 aliphatic carbocycles. The van der Waals surface area contributed by atoms with E-state index in [1.54, 1.807) is 41.3 Å². The quantitative estimate of drug-likeness (QED) is 0.871. The van der Waals surface area contributed by atoms with Crippen LogP contribution in [0.15, 0.2) is 48.5 Å². The Labute approximate surface area is 159 Å². The third kappa shape index (κ3) is 5.81. The molecule has 1 aliphatic heterocycles. The van der Waals surface area contributed by atoms with Gasteiger partial charge in [-0.1, -0.05) is 26.0 Å². The summed E-state index contributed by atoms with van der Waals surface area (Å²) < 4.78 is 18.8. The van der Waals surface area contributed by atoms with Crippen LogP contribution in [-0.4, -0.2) is 24.4 Å². The maximum atomic E-state index is 13.1. The van der Waals surface area contributed by atoms with Crippen molar-refractivity contribution in [2.45, 2.75) is 39.8 Å². The summed E-state index contributed by atoms with van der Waals surface area (Å²) in [7, 11) is 0. The number of carbonyl (C=O) groups excluding carboxylic acids is 2. The highest BCUT2D eigenvalue weighted by molar-refractivity contribution is 5.96. The molecule has 0 saturated carbocycles. The van der Waals surface area contributed by atoms with E-state index in [4.69, 9.17) is 4.74 Å². The molecular formula is C21H25FN2O3. The van der Waals surface area contributed by atoms with Gasteiger partial charge in [0.1, 0.15) is 18.2 Å². The zero-order chi connectivity index (χ0) is 19.8. The molecule has 0 aromatic heterocycles. The van der Waals surface area contributed by atoms with Crippen LogP contribution >= 0.6 is 0 Å². The van der Waals surface area contributed by atoms with E-state index in [0.29, 0.717) is 18.7 Å². The minimum Gasteiger partial charge on any atom is -0.489 e. The standard InChI is InChI=1S/C19H19FN2O3.C2H6/c1-13(23)21-16-10-19(24)22(11-16)17-5-7-18(8-6-17)25-12-14-3-2-4-15(20)9-14;1-2/h2-9,16H,10-12H2,1H3,(H,21,23);1-2H3. The molecule has 2 aromatic rings. The van der Waals surface area contributed by atoms with Crippen molar-refractivity contribution in [3.63, 3.8) is 0 Å². The lowest BCUT2D eigenvalue weighted by atomic mass is 10.2. The SMILES string of the molecule is CC.CC(=O)NC1CC(=O)N(c2ccc(OCc3cccc(F)c3)cc2)C1. The fraction of sp³-hybridized carbons (Fsp3) is 0.333. The summed E-state index contributed by atoms with van der Waals surface area (Å²) in [6.07, 6.45) is 0.303. The molecule has 1 atom stereocenters. The van der Waals surface area contributed by atoms with Crippen molar-refractivity contribution in [3.8, 4) is 5.75 Å². The van der Waals surface area contributed by atoms with Crippen LogP contribution in [0.1, 0.15) is 32.8 Å². The second kappa shape index (κ2) is 9.71. The lowest BCUT2D eigenvalue weighted by molar-refractivity contribution is -0.119. The summed E-state index contributed by atoms with van der Waals surface area (Å²) in [6, 6.07) is 13.2. The fourth-order valence-corrected chi connectivity index (χ4v) is 2.86. The molecule has 2 aromatic carbocycles. The molecule has 0 bridgehead atoms. The predicted molar refractivity (Wildman–Crippen MR) is 103 cm³/mol. The summed E-state index contributed by atoms with van der Waals surface area (Å²) in [5.74, 6) is 0.184. The summed E-state index contributed by atoms with van der Waals surface area (Å²) in [6.45, 7) is 6.17. The maximum absolute atomic E-state index is 13.1. The lowest BCUT2D eigenvalue weighted by Crippen LogP contribution is -2.35. The van der Waals surface area contributed by atoms with E-state index >= 15 is 0 Å². The minimum atomic E-state index is -0.294. The summed E-state index contributed by atoms with van der Waals surface area (Å²) in [5, 5.41) is 2.77. The Morgan fingerprint density at radius 3 is 2.56 bits per heavy atom. The van der Waals surface area contributed by atoms with Crippen LogP contribution in [-0.2, 0) is 16.2 Å². The second-order valence-electron chi connectivity index (χ2n) is 6.02. The molecule has 0 spiro atoms. The predicted octanol–water partition coefficient (Wildman–Crippen LogP) is 3.67. The van der Waals surface area contributed by atoms with Gasteiger partial charge >= 0.3 is 0 Å². The highest BCUT2D eigenvalue weighted by atomic mass is 19.1. The van der Waals surface area contributed by atoms with Crippen molar-refractivity contribution in [1.29, 1.82) is 0 Å². The number of benzene rings is 2. The van der Waals surface area contributed by atoms with Gasteiger partial charge in [-0.2, -0.15) is 0 Å². The van der Waals surface area contributed by atoms with Crippen LogP contribution in [0, 0.1) is 5.82 Å². The van der Waals surface area contributed by atoms with Gasteiger partial charge in [-0.05, 0) is 42.0 Å². The molecule has 1 saturated heterocycles. The first-order chi connectivity index (χ1) is 13.0. The van der Waals surface area contributed by atoms with Crippen LogP contribution in [0.3, 0.4) is 0 Å². The maximum Gasteiger partial charge on any atom is 0.229 e. The molecular weight excluding hydrogens is 347 g/mol. The van der Waals surface area contributed by atoms with Crippen molar-refractivity contribution >= 4 is 17.5 Å². The lowest BCUT2D eigenvalue weighted by Gasteiger charge is -2.17. The Hall–Kier alpha value is -2.89. The van der Waals surface area contributed by atoms with Crippen molar-refractivity contribution < 1.29 is 18.7 Å². The number of ether oxygens (including phenoxy) is 1. The monoisotopic (exact) mass is 372 g/mol. The molecule has 1 N–H and O–H groups in total. The van der Waals surface area contributed by atoms with E-state index in [1.807, 2.05) is 13.8 Å². The molecule has 3 rings (SSSR count). The topological polar surface area (TPSA) is 58.6 Å². The van der Waals surface area contributed by atoms with Crippen molar-refractivity contribution in [2.75, 3.05) is 11.4 Å². The molecule has 1 aliphatic rings. The number of hydrogen-bond acceptors (Lipinski definition) is 3. The van der Waals surface area contributed by atoms with Gasteiger partial charge in [-0.3, -0.25) is 9.59 Å². The molecule has 27 heavy (non-hydrogen) atoms. The van der Waals surface area contributed by atoms with Crippen molar-refractivity contribution in [1.82, 2.24) is 5.32 Å². The zero-order valence-corrected chi connectivity index (χ0v) is 15.9. The Kier molecular flexibility index (Phi) is 7.34. The number of halogens is 1. The smallest absolute Gasteiger partial charge is 0.229 e. The Morgan fingerprint density at radius 1 is 1.22 bits per heavy atom. The fourth-order valence-electron chi connectivity index (χ4n) is 2.86. The Bertz CT molecular complexity index is 777. The van der Waals surface area contributed by atoms with Crippen LogP contribution in [0.4, 0.5) is 10.1 Å². The van der Waals surface area contributed by atoms with Crippen LogP contribution in [0.25, 0.3) is 0 Å². The average molecular weight is 372 g/mol. The number of nitrogens with zero attached hydrogens (tertiary/aromatic N) is 1. The third-order valence-corrected chi connectivity index (χ3v) is 3.98. The molecule has 2 amide bonds. The van der Waals surface area contributed by atoms with E-state index in [9.17, 15) is 14.0 Å². The van der Waals surface area contributed by atoms with Crippen LogP contribution in [0.2, 0.25) is 0 Å². The van der Waals surface area contributed by atoms with Gasteiger partial charge in [0.15, 0.2) is 0 Å². The molecule has 1 unspecified atom stereocenters. The van der Waals surface area contributed by atoms with Gasteiger partial charge in [0, 0.05) is 25.6 Å². The molecule has 0 radical (unpaired) electrons. The van der Waals surface area contributed by atoms with Crippen molar-refractivity contribution in [3.05, 3.63) is 59.9 Å². The van der Waals surface area contributed by atoms with Gasteiger partial charge in [0.25, 0.3) is 0 Å². The van der Waals surface area contributed by atoms with Gasteiger partial charge in [-0.25, -0.2) is 4.39 Å². The molecule has 1 fully saturated rings. The van der Waals surface area contributed by atoms with E-state index in [2.05, 4.69) is 5.32 Å². The number of rotatable bonds is 5. The van der Waals surface area contributed by atoms with Gasteiger partial charge < -0.3 is 15.0 Å². The first-order valence-corrected chi connectivity index (χ1v) is 9.06. The average Bonchev–Trinajstić information content (AvgIpc) is 3.01. The van der Waals surface area contributed by atoms with Crippen molar-refractivity contribution in [2.24, 2.45) is 0 Å². The largest absolute Gasteiger partial charge is 0.489 e. The van der Waals surface area contributed by atoms with E-state index in [0.717, 1.165) is 11.3 Å². The van der Waals surface area contributed by atoms with E-state index in [1.165, 1.54) is 19.1 Å². The molecule has 6 heteroatoms. The first-order valence-electron chi connectivity index (χ1n) is 9.06. The molecule has 1 heterocycles. The zero-order valence-electron chi connectivity index (χ0n) is 15.9. The highest BCUT2D eigenvalue weighted by Crippen LogP contribution is 2.24. The van der Waals surface area contributed by atoms with Gasteiger partial charge in [0.2, 0.25) is 11.8 Å². The number of hydrogen-bond donors (Lipinski definition) is 1. The summed E-state index contributed by atoms with van der Waals surface area (Å²) >= 11 is 0. The Morgan fingerprint density at radius 2 is 1.93 bits per heavy atom. The van der Waals surface area contributed by atoms with Crippen LogP contribution < -0.4 is 15.0 Å². The van der Waals surface area contributed by atoms with Gasteiger partial charge in [-0.15, -0.1) is 0 Å². The second-order valence-corrected chi connectivity index (χ2v) is 6.02. The first kappa shape index (κ1) is 20.4. The number of carbonyl (C=O) groups is 2. The summed E-state index contributed by atoms with van der Waals surface area (Å²) in [5.41, 5.74) is 1.51. The Balaban J connectivity index is 0.00000126. The summed E-state index contributed by atoms with van der Waals surface area (Å²) in [4.78, 5) is 24.9. The van der Waals surface area contributed by atoms with E-state index in [-0.39, 0.29) is 30.3 Å². The van der Waals surface area contributed by atoms with Gasteiger partial charge in [0.05, 0.1) is 6.04 Å². The highest BCUT2D eigenvalue weighted by Gasteiger charge is 2.30. The van der Waals surface area contributed by atoms with Crippen LogP contribution in [0.5, 0.6) is 5.75 Å². The van der Waals surface area contributed by atoms with E-state index < -0.39 is 0 Å². The number of amides is 2. The number of anilines is 1. The normalized spacial score (nSPS) is 15.8. The molecule has 5 nitrogen and oxygen atoms in total. The minimum absolute atomic E-state index is 0.0211. The number of nitrogens with one attached hydrogen (secondary N) is 1. The third-order valence-electron chi connectivity index (χ3n) is 3.98. The molecule has 144 valence electrons.